The summed E-state index contributed by atoms with van der Waals surface area (Å²) in [6.45, 7) is -2.16. The van der Waals surface area contributed by atoms with Gasteiger partial charge in [-0.3, -0.25) is 29.1 Å². The summed E-state index contributed by atoms with van der Waals surface area (Å²) in [4.78, 5) is 62.9. The molecule has 0 aliphatic heterocycles. The highest BCUT2D eigenvalue weighted by atomic mass is 16.5. The Kier molecular flexibility index (Phi) is 10.1. The molecule has 1 aromatic heterocycles. The second kappa shape index (κ2) is 13.2. The number of benzene rings is 1. The fraction of sp³-hybridized carbons (Fsp3) is 0.273. The van der Waals surface area contributed by atoms with Crippen molar-refractivity contribution >= 4 is 35.6 Å². The minimum atomic E-state index is -1.25. The van der Waals surface area contributed by atoms with Crippen molar-refractivity contribution in [3.63, 3.8) is 0 Å². The molecular weight excluding hydrogens is 478 g/mol. The van der Waals surface area contributed by atoms with Crippen LogP contribution in [0.1, 0.15) is 21.9 Å². The highest BCUT2D eigenvalue weighted by molar-refractivity contribution is 5.97. The normalized spacial score (nSPS) is 11.1. The van der Waals surface area contributed by atoms with Crippen LogP contribution in [0.2, 0.25) is 0 Å². The molecule has 0 fully saturated rings. The predicted octanol–water partition coefficient (Wildman–Crippen LogP) is -0.962. The average molecular weight is 503 g/mol. The number of esters is 1. The van der Waals surface area contributed by atoms with Crippen molar-refractivity contribution in [2.75, 3.05) is 33.2 Å². The SMILES string of the molecule is CN=C(N)c1ccc(OC(=O)c2ccc(CN(CC(=O)NCC(=O)O)CC(=O)NCC(=O)O)o2)cc1. The fourth-order valence-electron chi connectivity index (χ4n) is 2.81. The molecule has 2 amide bonds. The summed E-state index contributed by atoms with van der Waals surface area (Å²) in [6, 6.07) is 9.10. The number of amides is 2. The molecule has 0 atom stereocenters. The summed E-state index contributed by atoms with van der Waals surface area (Å²) < 4.78 is 10.7. The van der Waals surface area contributed by atoms with Crippen LogP contribution in [-0.4, -0.2) is 83.9 Å². The number of carbonyl (C=O) groups excluding carboxylic acids is 3. The third-order valence-corrected chi connectivity index (χ3v) is 4.45. The Labute approximate surface area is 204 Å². The zero-order chi connectivity index (χ0) is 26.7. The first-order valence-corrected chi connectivity index (χ1v) is 10.4. The second-order valence-electron chi connectivity index (χ2n) is 7.27. The van der Waals surface area contributed by atoms with Crippen LogP contribution >= 0.6 is 0 Å². The van der Waals surface area contributed by atoms with E-state index in [1.807, 2.05) is 0 Å². The van der Waals surface area contributed by atoms with Crippen LogP contribution in [0.3, 0.4) is 0 Å². The molecule has 0 saturated heterocycles. The quantitative estimate of drug-likeness (QED) is 0.0971. The van der Waals surface area contributed by atoms with Crippen molar-refractivity contribution in [3.05, 3.63) is 53.5 Å². The van der Waals surface area contributed by atoms with Gasteiger partial charge in [0, 0.05) is 12.6 Å². The first-order valence-electron chi connectivity index (χ1n) is 10.4. The molecule has 2 rings (SSSR count). The molecule has 0 bridgehead atoms. The summed E-state index contributed by atoms with van der Waals surface area (Å²) in [6.07, 6.45) is 0. The lowest BCUT2D eigenvalue weighted by atomic mass is 10.2. The van der Waals surface area contributed by atoms with E-state index < -0.39 is 55.9 Å². The highest BCUT2D eigenvalue weighted by Gasteiger charge is 2.20. The molecule has 1 heterocycles. The van der Waals surface area contributed by atoms with Crippen LogP contribution in [0.4, 0.5) is 0 Å². The number of carbonyl (C=O) groups is 5. The number of carboxylic acids is 2. The number of furan rings is 1. The van der Waals surface area contributed by atoms with Crippen molar-refractivity contribution in [2.24, 2.45) is 10.7 Å². The van der Waals surface area contributed by atoms with Gasteiger partial charge in [0.15, 0.2) is 0 Å². The van der Waals surface area contributed by atoms with Gasteiger partial charge in [-0.1, -0.05) is 0 Å². The van der Waals surface area contributed by atoms with E-state index in [-0.39, 0.29) is 23.8 Å². The van der Waals surface area contributed by atoms with E-state index >= 15 is 0 Å². The Balaban J connectivity index is 2.05. The number of nitrogens with zero attached hydrogens (tertiary/aromatic N) is 2. The minimum absolute atomic E-state index is 0.126. The van der Waals surface area contributed by atoms with E-state index in [0.717, 1.165) is 0 Å². The first-order chi connectivity index (χ1) is 17.1. The van der Waals surface area contributed by atoms with Gasteiger partial charge in [0.2, 0.25) is 17.6 Å². The van der Waals surface area contributed by atoms with Crippen molar-refractivity contribution in [2.45, 2.75) is 6.54 Å². The zero-order valence-electron chi connectivity index (χ0n) is 19.2. The average Bonchev–Trinajstić information content (AvgIpc) is 3.30. The monoisotopic (exact) mass is 503 g/mol. The molecule has 0 spiro atoms. The van der Waals surface area contributed by atoms with Crippen molar-refractivity contribution in [1.82, 2.24) is 15.5 Å². The molecule has 6 N–H and O–H groups in total. The van der Waals surface area contributed by atoms with Crippen LogP contribution in [0.5, 0.6) is 5.75 Å². The van der Waals surface area contributed by atoms with Gasteiger partial charge in [-0.25, -0.2) is 4.79 Å². The van der Waals surface area contributed by atoms with Crippen molar-refractivity contribution in [3.8, 4) is 5.75 Å². The first kappa shape index (κ1) is 27.5. The molecule has 1 aromatic carbocycles. The number of carboxylic acid groups (broad SMARTS) is 2. The van der Waals surface area contributed by atoms with E-state index in [1.54, 1.807) is 19.2 Å². The third-order valence-electron chi connectivity index (χ3n) is 4.45. The zero-order valence-corrected chi connectivity index (χ0v) is 19.2. The Bertz CT molecular complexity index is 1110. The fourth-order valence-corrected chi connectivity index (χ4v) is 2.81. The maximum Gasteiger partial charge on any atom is 0.379 e. The minimum Gasteiger partial charge on any atom is -0.480 e. The topological polar surface area (TPSA) is 214 Å². The van der Waals surface area contributed by atoms with Gasteiger partial charge in [-0.15, -0.1) is 0 Å². The number of nitrogens with two attached hydrogens (primary N) is 1. The van der Waals surface area contributed by atoms with Crippen molar-refractivity contribution < 1.29 is 43.3 Å². The summed E-state index contributed by atoms with van der Waals surface area (Å²) in [5.41, 5.74) is 6.37. The van der Waals surface area contributed by atoms with Crippen LogP contribution < -0.4 is 21.1 Å². The number of rotatable bonds is 13. The molecule has 14 nitrogen and oxygen atoms in total. The maximum atomic E-state index is 12.4. The van der Waals surface area contributed by atoms with E-state index in [0.29, 0.717) is 11.4 Å². The molecule has 0 aliphatic carbocycles. The van der Waals surface area contributed by atoms with E-state index in [9.17, 15) is 24.0 Å². The number of hydrogen-bond donors (Lipinski definition) is 5. The molecule has 14 heteroatoms. The number of ether oxygens (including phenoxy) is 1. The Hall–Kier alpha value is -4.72. The molecule has 192 valence electrons. The van der Waals surface area contributed by atoms with E-state index in [1.165, 1.54) is 29.2 Å². The lowest BCUT2D eigenvalue weighted by Gasteiger charge is -2.19. The van der Waals surface area contributed by atoms with Gasteiger partial charge >= 0.3 is 17.9 Å². The number of aliphatic imine (C=N–C) groups is 1. The van der Waals surface area contributed by atoms with Crippen LogP contribution in [0, 0.1) is 0 Å². The highest BCUT2D eigenvalue weighted by Crippen LogP contribution is 2.17. The van der Waals surface area contributed by atoms with E-state index in [2.05, 4.69) is 15.6 Å². The van der Waals surface area contributed by atoms with Gasteiger partial charge in [-0.2, -0.15) is 0 Å². The predicted molar refractivity (Wildman–Crippen MR) is 123 cm³/mol. The number of aliphatic carboxylic acids is 2. The largest absolute Gasteiger partial charge is 0.480 e. The summed E-state index contributed by atoms with van der Waals surface area (Å²) >= 11 is 0. The molecule has 0 saturated carbocycles. The summed E-state index contributed by atoms with van der Waals surface area (Å²) in [7, 11) is 1.55. The second-order valence-corrected chi connectivity index (χ2v) is 7.27. The maximum absolute atomic E-state index is 12.4. The Morgan fingerprint density at radius 1 is 0.944 bits per heavy atom. The van der Waals surface area contributed by atoms with Crippen LogP contribution in [0.25, 0.3) is 0 Å². The summed E-state index contributed by atoms with van der Waals surface area (Å²) in [5.74, 6) is -4.07. The standard InChI is InChI=1S/C22H25N5O9/c1-24-21(23)13-2-4-14(5-3-13)36-22(34)16-7-6-15(35-16)10-27(11-17(28)25-8-19(30)31)12-18(29)26-9-20(32)33/h2-7H,8-12H2,1H3,(H2,23,24)(H,25,28)(H,26,29)(H,30,31)(H,32,33). The van der Waals surface area contributed by atoms with Gasteiger partial charge in [0.05, 0.1) is 19.6 Å². The van der Waals surface area contributed by atoms with Crippen LogP contribution in [0.15, 0.2) is 45.8 Å². The lowest BCUT2D eigenvalue weighted by molar-refractivity contribution is -0.138. The van der Waals surface area contributed by atoms with Gasteiger partial charge in [0.25, 0.3) is 0 Å². The number of amidine groups is 1. The molecule has 0 unspecified atom stereocenters. The molecule has 36 heavy (non-hydrogen) atoms. The van der Waals surface area contributed by atoms with Gasteiger partial charge < -0.3 is 35.7 Å². The smallest absolute Gasteiger partial charge is 0.379 e. The Morgan fingerprint density at radius 2 is 1.50 bits per heavy atom. The lowest BCUT2D eigenvalue weighted by Crippen LogP contribution is -2.44. The van der Waals surface area contributed by atoms with Gasteiger partial charge in [-0.05, 0) is 36.4 Å². The molecule has 0 radical (unpaired) electrons. The van der Waals surface area contributed by atoms with Crippen molar-refractivity contribution in [1.29, 1.82) is 0 Å². The number of nitrogens with one attached hydrogen (secondary N) is 2. The molecule has 0 aliphatic rings. The van der Waals surface area contributed by atoms with Gasteiger partial charge in [0.1, 0.15) is 30.4 Å². The molecular formula is C22H25N5O9. The third kappa shape index (κ3) is 9.26. The Morgan fingerprint density at radius 3 is 2.00 bits per heavy atom. The number of hydrogen-bond acceptors (Lipinski definition) is 9. The van der Waals surface area contributed by atoms with E-state index in [4.69, 9.17) is 25.1 Å². The molecule has 2 aromatic rings. The summed E-state index contributed by atoms with van der Waals surface area (Å²) in [5, 5.41) is 21.7. The van der Waals surface area contributed by atoms with Crippen LogP contribution in [-0.2, 0) is 25.7 Å².